The third-order valence-corrected chi connectivity index (χ3v) is 5.42. The Kier molecular flexibility index (Phi) is 8.61. The van der Waals surface area contributed by atoms with E-state index in [1.54, 1.807) is 0 Å². The first-order chi connectivity index (χ1) is 10.7. The molecule has 0 fully saturated rings. The normalized spacial score (nSPS) is 10.5. The van der Waals surface area contributed by atoms with Gasteiger partial charge in [-0.15, -0.1) is 0 Å². The van der Waals surface area contributed by atoms with Crippen molar-refractivity contribution in [2.24, 2.45) is 0 Å². The highest BCUT2D eigenvalue weighted by molar-refractivity contribution is 7.87. The highest BCUT2D eigenvalue weighted by atomic mass is 31.2. The van der Waals surface area contributed by atoms with E-state index in [1.807, 2.05) is 62.4 Å². The fraction of sp³-hybridized carbons (Fsp3) is 0.278. The summed E-state index contributed by atoms with van der Waals surface area (Å²) in [6, 6.07) is 20.5. The molecule has 22 heavy (non-hydrogen) atoms. The molecule has 2 aromatic rings. The van der Waals surface area contributed by atoms with E-state index in [1.165, 1.54) is 5.56 Å². The molecule has 4 heteroatoms. The SMILES string of the molecule is CCO[P+](C=O)(OCC)c1ccccc1.Cc1ccccc1. The molecule has 0 bridgehead atoms. The van der Waals surface area contributed by atoms with E-state index in [9.17, 15) is 4.79 Å². The average molecular weight is 319 g/mol. The Labute approximate surface area is 133 Å². The summed E-state index contributed by atoms with van der Waals surface area (Å²) in [6.07, 6.45) is 0. The maximum atomic E-state index is 11.2. The minimum absolute atomic E-state index is 0.474. The Morgan fingerprint density at radius 2 is 1.32 bits per heavy atom. The lowest BCUT2D eigenvalue weighted by molar-refractivity contribution is 0.266. The van der Waals surface area contributed by atoms with Gasteiger partial charge < -0.3 is 0 Å². The lowest BCUT2D eigenvalue weighted by atomic mass is 10.2. The van der Waals surface area contributed by atoms with Crippen molar-refractivity contribution in [3.05, 3.63) is 66.2 Å². The van der Waals surface area contributed by atoms with Crippen molar-refractivity contribution in [2.75, 3.05) is 13.2 Å². The smallest absolute Gasteiger partial charge is 0.250 e. The summed E-state index contributed by atoms with van der Waals surface area (Å²) in [5.41, 5.74) is 1.32. The van der Waals surface area contributed by atoms with E-state index in [-0.39, 0.29) is 0 Å². The largest absolute Gasteiger partial charge is 0.373 e. The van der Waals surface area contributed by atoms with Crippen LogP contribution in [0.25, 0.3) is 0 Å². The van der Waals surface area contributed by atoms with Crippen molar-refractivity contribution in [2.45, 2.75) is 20.8 Å². The number of carbonyl (C=O) groups is 1. The van der Waals surface area contributed by atoms with Crippen LogP contribution in [0.4, 0.5) is 0 Å². The number of aryl methyl sites for hydroxylation is 1. The zero-order chi connectivity index (χ0) is 16.3. The lowest BCUT2D eigenvalue weighted by Crippen LogP contribution is -2.17. The van der Waals surface area contributed by atoms with Crippen LogP contribution < -0.4 is 5.30 Å². The third-order valence-electron chi connectivity index (χ3n) is 2.84. The van der Waals surface area contributed by atoms with Crippen molar-refractivity contribution in [1.29, 1.82) is 0 Å². The zero-order valence-electron chi connectivity index (χ0n) is 13.4. The van der Waals surface area contributed by atoms with Gasteiger partial charge in [0.25, 0.3) is 0 Å². The van der Waals surface area contributed by atoms with E-state index in [2.05, 4.69) is 19.1 Å². The van der Waals surface area contributed by atoms with Crippen molar-refractivity contribution >= 4 is 19.0 Å². The second kappa shape index (κ2) is 10.2. The molecule has 0 aliphatic heterocycles. The van der Waals surface area contributed by atoms with E-state index in [0.29, 0.717) is 13.2 Å². The summed E-state index contributed by atoms with van der Waals surface area (Å²) >= 11 is 0. The molecule has 0 saturated heterocycles. The predicted octanol–water partition coefficient (Wildman–Crippen LogP) is 4.42. The van der Waals surface area contributed by atoms with Gasteiger partial charge in [-0.2, -0.15) is 9.05 Å². The number of carbonyl (C=O) groups excluding carboxylic acids is 1. The highest BCUT2D eigenvalue weighted by Crippen LogP contribution is 2.56. The van der Waals surface area contributed by atoms with E-state index in [0.717, 1.165) is 11.3 Å². The second-order valence-electron chi connectivity index (χ2n) is 4.53. The Morgan fingerprint density at radius 1 is 0.864 bits per heavy atom. The van der Waals surface area contributed by atoms with Crippen LogP contribution in [0.5, 0.6) is 0 Å². The van der Waals surface area contributed by atoms with Crippen molar-refractivity contribution in [3.63, 3.8) is 0 Å². The van der Waals surface area contributed by atoms with Gasteiger partial charge in [0, 0.05) is 0 Å². The van der Waals surface area contributed by atoms with Crippen LogP contribution in [0.15, 0.2) is 60.7 Å². The predicted molar refractivity (Wildman–Crippen MR) is 94.2 cm³/mol. The lowest BCUT2D eigenvalue weighted by Gasteiger charge is -2.16. The first-order valence-corrected chi connectivity index (χ1v) is 9.09. The fourth-order valence-corrected chi connectivity index (χ4v) is 3.83. The molecule has 0 spiro atoms. The van der Waals surface area contributed by atoms with Crippen molar-refractivity contribution < 1.29 is 13.8 Å². The number of hydrogen-bond donors (Lipinski definition) is 0. The maximum Gasteiger partial charge on any atom is 0.373 e. The Balaban J connectivity index is 0.000000287. The van der Waals surface area contributed by atoms with E-state index in [4.69, 9.17) is 9.05 Å². The van der Waals surface area contributed by atoms with Crippen LogP contribution in [0.3, 0.4) is 0 Å². The van der Waals surface area contributed by atoms with Crippen LogP contribution >= 0.6 is 7.72 Å². The third kappa shape index (κ3) is 5.69. The summed E-state index contributed by atoms with van der Waals surface area (Å²) < 4.78 is 11.1. The molecule has 118 valence electrons. The molecule has 0 heterocycles. The molecular formula is C18H24O3P+. The molecule has 0 aliphatic rings. The first kappa shape index (κ1) is 18.5. The van der Waals surface area contributed by atoms with Gasteiger partial charge in [0.05, 0.1) is 13.2 Å². The van der Waals surface area contributed by atoms with Crippen molar-refractivity contribution in [3.8, 4) is 0 Å². The van der Waals surface area contributed by atoms with Gasteiger partial charge in [0.1, 0.15) is 0 Å². The Morgan fingerprint density at radius 3 is 1.64 bits per heavy atom. The number of hydrogen-bond acceptors (Lipinski definition) is 3. The number of rotatable bonds is 6. The fourth-order valence-electron chi connectivity index (χ4n) is 1.86. The molecule has 0 amide bonds. The molecular weight excluding hydrogens is 295 g/mol. The molecule has 0 aliphatic carbocycles. The molecule has 0 aromatic heterocycles. The molecule has 0 saturated carbocycles. The molecule has 0 radical (unpaired) electrons. The second-order valence-corrected chi connectivity index (χ2v) is 6.97. The van der Waals surface area contributed by atoms with Gasteiger partial charge in [0.15, 0.2) is 5.30 Å². The minimum atomic E-state index is -2.51. The summed E-state index contributed by atoms with van der Waals surface area (Å²) in [4.78, 5) is 11.2. The van der Waals surface area contributed by atoms with Crippen molar-refractivity contribution in [1.82, 2.24) is 0 Å². The summed E-state index contributed by atoms with van der Waals surface area (Å²) in [5, 5.41) is 0.837. The van der Waals surface area contributed by atoms with Gasteiger partial charge >= 0.3 is 13.7 Å². The topological polar surface area (TPSA) is 35.5 Å². The Bertz CT molecular complexity index is 523. The molecule has 3 nitrogen and oxygen atoms in total. The van der Waals surface area contributed by atoms with Gasteiger partial charge in [-0.25, -0.2) is 0 Å². The van der Waals surface area contributed by atoms with Gasteiger partial charge in [-0.3, -0.25) is 4.79 Å². The number of benzene rings is 2. The quantitative estimate of drug-likeness (QED) is 0.584. The molecule has 0 atom stereocenters. The van der Waals surface area contributed by atoms with Gasteiger partial charge in [-0.05, 0) is 32.9 Å². The van der Waals surface area contributed by atoms with Crippen LogP contribution in [-0.4, -0.2) is 19.2 Å². The molecule has 0 unspecified atom stereocenters. The molecule has 2 aromatic carbocycles. The minimum Gasteiger partial charge on any atom is -0.250 e. The summed E-state index contributed by atoms with van der Waals surface area (Å²) in [5.74, 6) is 0. The molecule has 2 rings (SSSR count). The Hall–Kier alpha value is -1.54. The van der Waals surface area contributed by atoms with Crippen LogP contribution in [0.1, 0.15) is 19.4 Å². The molecule has 0 N–H and O–H groups in total. The van der Waals surface area contributed by atoms with Gasteiger partial charge in [-0.1, -0.05) is 54.1 Å². The summed E-state index contributed by atoms with van der Waals surface area (Å²) in [7, 11) is -2.51. The van der Waals surface area contributed by atoms with Crippen LogP contribution in [-0.2, 0) is 13.8 Å². The monoisotopic (exact) mass is 319 g/mol. The van der Waals surface area contributed by atoms with E-state index >= 15 is 0 Å². The van der Waals surface area contributed by atoms with Gasteiger partial charge in [0.2, 0.25) is 0 Å². The standard InChI is InChI=1S/C11H16O3P.C7H8/c1-3-13-15(10-12,14-4-2)11-8-6-5-7-9-11;1-7-5-3-2-4-6-7/h5-10H,3-4H2,1-2H3;2-6H,1H3/q+1;. The van der Waals surface area contributed by atoms with Crippen LogP contribution in [0.2, 0.25) is 0 Å². The average Bonchev–Trinajstić information content (AvgIpc) is 2.57. The maximum absolute atomic E-state index is 11.2. The first-order valence-electron chi connectivity index (χ1n) is 7.40. The van der Waals surface area contributed by atoms with E-state index < -0.39 is 7.72 Å². The zero-order valence-corrected chi connectivity index (χ0v) is 14.3. The summed E-state index contributed by atoms with van der Waals surface area (Å²) in [6.45, 7) is 6.75. The highest BCUT2D eigenvalue weighted by Gasteiger charge is 2.45. The van der Waals surface area contributed by atoms with Crippen LogP contribution in [0, 0.1) is 6.92 Å².